The van der Waals surface area contributed by atoms with Crippen molar-refractivity contribution in [1.82, 2.24) is 19.8 Å². The Morgan fingerprint density at radius 1 is 0.725 bits per heavy atom. The van der Waals surface area contributed by atoms with Crippen molar-refractivity contribution >= 4 is 27.3 Å². The molecule has 0 unspecified atom stereocenters. The van der Waals surface area contributed by atoms with Crippen LogP contribution in [0.1, 0.15) is 10.4 Å². The van der Waals surface area contributed by atoms with Crippen LogP contribution in [0.2, 0.25) is 0 Å². The minimum Gasteiger partial charge on any atom is -0.334 e. The number of rotatable bonds is 7. The number of benzene rings is 4. The average Bonchev–Trinajstić information content (AvgIpc) is 3.69. The van der Waals surface area contributed by atoms with E-state index in [0.717, 1.165) is 27.4 Å². The van der Waals surface area contributed by atoms with Gasteiger partial charge in [-0.1, -0.05) is 84.0 Å². The summed E-state index contributed by atoms with van der Waals surface area (Å²) in [5, 5.41) is 7.04. The minimum absolute atomic E-state index is 0.100. The number of aromatic nitrogens is 3. The van der Waals surface area contributed by atoms with Crippen LogP contribution < -0.4 is 4.72 Å². The maximum absolute atomic E-state index is 12.9. The Labute approximate surface area is 234 Å². The first-order chi connectivity index (χ1) is 19.5. The number of carbonyl (C=O) groups is 1. The summed E-state index contributed by atoms with van der Waals surface area (Å²) in [5.41, 5.74) is 4.28. The maximum atomic E-state index is 12.9. The molecule has 0 saturated carbocycles. The van der Waals surface area contributed by atoms with Crippen molar-refractivity contribution in [2.24, 2.45) is 0 Å². The number of carbonyl (C=O) groups excluding carboxylic acids is 1. The van der Waals surface area contributed by atoms with Gasteiger partial charge in [0.05, 0.1) is 10.6 Å². The Balaban J connectivity index is 1.19. The summed E-state index contributed by atoms with van der Waals surface area (Å²) in [4.78, 5) is 21.5. The molecular weight excluding hydrogens is 544 g/mol. The molecule has 0 spiro atoms. The van der Waals surface area contributed by atoms with Crippen LogP contribution in [0.25, 0.3) is 44.7 Å². The minimum atomic E-state index is -4.13. The molecule has 0 bridgehead atoms. The van der Waals surface area contributed by atoms with Crippen molar-refractivity contribution in [3.05, 3.63) is 120 Å². The first-order valence-electron chi connectivity index (χ1n) is 12.1. The van der Waals surface area contributed by atoms with Gasteiger partial charge in [-0.2, -0.15) is 4.98 Å². The zero-order valence-corrected chi connectivity index (χ0v) is 22.4. The maximum Gasteiger partial charge on any atom is 0.264 e. The fraction of sp³-hybridized carbons (Fsp3) is 0. The van der Waals surface area contributed by atoms with E-state index in [1.807, 2.05) is 60.0 Å². The molecule has 2 aromatic heterocycles. The Hall–Kier alpha value is -4.93. The van der Waals surface area contributed by atoms with Gasteiger partial charge in [0.25, 0.3) is 21.8 Å². The van der Waals surface area contributed by atoms with Crippen molar-refractivity contribution in [3.63, 3.8) is 0 Å². The highest BCUT2D eigenvalue weighted by Gasteiger charge is 2.20. The van der Waals surface area contributed by atoms with Crippen molar-refractivity contribution in [2.75, 3.05) is 0 Å². The van der Waals surface area contributed by atoms with E-state index < -0.39 is 15.9 Å². The number of nitrogens with one attached hydrogen (secondary N) is 1. The summed E-state index contributed by atoms with van der Waals surface area (Å²) < 4.78 is 33.2. The molecule has 196 valence electrons. The highest BCUT2D eigenvalue weighted by molar-refractivity contribution is 7.90. The highest BCUT2D eigenvalue weighted by atomic mass is 32.2. The smallest absolute Gasteiger partial charge is 0.264 e. The molecule has 0 aliphatic carbocycles. The molecule has 2 heterocycles. The number of amides is 1. The molecule has 40 heavy (non-hydrogen) atoms. The van der Waals surface area contributed by atoms with Crippen molar-refractivity contribution in [1.29, 1.82) is 0 Å². The molecule has 1 N–H and O–H groups in total. The van der Waals surface area contributed by atoms with Crippen LogP contribution in [-0.2, 0) is 10.0 Å². The second kappa shape index (κ2) is 10.7. The number of sulfonamides is 1. The van der Waals surface area contributed by atoms with Gasteiger partial charge >= 0.3 is 0 Å². The molecule has 8 nitrogen and oxygen atoms in total. The highest BCUT2D eigenvalue weighted by Crippen LogP contribution is 2.30. The third kappa shape index (κ3) is 5.31. The van der Waals surface area contributed by atoms with E-state index >= 15 is 0 Å². The molecule has 0 saturated heterocycles. The molecular formula is C30H20N4O4S2. The predicted molar refractivity (Wildman–Crippen MR) is 153 cm³/mol. The van der Waals surface area contributed by atoms with Crippen molar-refractivity contribution < 1.29 is 17.7 Å². The number of nitrogens with zero attached hydrogens (tertiary/aromatic N) is 3. The SMILES string of the molecule is O=C(NS(=O)(=O)c1cccc(-c2nc(-c3ccc(-c4csc(-c5ccccc5)n4)cc3)no2)c1)c1ccccc1. The normalized spacial score (nSPS) is 11.3. The van der Waals surface area contributed by atoms with E-state index in [9.17, 15) is 13.2 Å². The topological polar surface area (TPSA) is 115 Å². The van der Waals surface area contributed by atoms with Crippen LogP contribution in [0.5, 0.6) is 0 Å². The summed E-state index contributed by atoms with van der Waals surface area (Å²) >= 11 is 1.59. The fourth-order valence-electron chi connectivity index (χ4n) is 3.99. The summed E-state index contributed by atoms with van der Waals surface area (Å²) in [6, 6.07) is 31.8. The molecule has 0 atom stereocenters. The molecule has 0 radical (unpaired) electrons. The Kier molecular flexibility index (Phi) is 6.77. The van der Waals surface area contributed by atoms with Gasteiger partial charge in [-0.25, -0.2) is 18.1 Å². The average molecular weight is 565 g/mol. The van der Waals surface area contributed by atoms with Gasteiger partial charge in [-0.15, -0.1) is 11.3 Å². The quantitative estimate of drug-likeness (QED) is 0.241. The van der Waals surface area contributed by atoms with Gasteiger partial charge in [-0.3, -0.25) is 4.79 Å². The largest absolute Gasteiger partial charge is 0.334 e. The molecule has 1 amide bonds. The lowest BCUT2D eigenvalue weighted by Gasteiger charge is -2.07. The first-order valence-corrected chi connectivity index (χ1v) is 14.5. The van der Waals surface area contributed by atoms with Crippen LogP contribution in [0.3, 0.4) is 0 Å². The van der Waals surface area contributed by atoms with Crippen LogP contribution in [0, 0.1) is 0 Å². The predicted octanol–water partition coefficient (Wildman–Crippen LogP) is 6.31. The Morgan fingerprint density at radius 2 is 1.40 bits per heavy atom. The van der Waals surface area contributed by atoms with Gasteiger partial charge in [-0.05, 0) is 30.3 Å². The van der Waals surface area contributed by atoms with Crippen LogP contribution in [0.4, 0.5) is 0 Å². The van der Waals surface area contributed by atoms with E-state index in [4.69, 9.17) is 9.51 Å². The molecule has 0 fully saturated rings. The molecule has 0 aliphatic heterocycles. The van der Waals surface area contributed by atoms with E-state index in [0.29, 0.717) is 11.4 Å². The summed E-state index contributed by atoms with van der Waals surface area (Å²) in [6.07, 6.45) is 0. The zero-order valence-electron chi connectivity index (χ0n) is 20.8. The van der Waals surface area contributed by atoms with E-state index in [2.05, 4.69) is 14.9 Å². The van der Waals surface area contributed by atoms with E-state index in [1.54, 1.807) is 41.7 Å². The van der Waals surface area contributed by atoms with Crippen LogP contribution >= 0.6 is 11.3 Å². The number of thiazole rings is 1. The zero-order chi connectivity index (χ0) is 27.5. The van der Waals surface area contributed by atoms with Gasteiger partial charge in [0.15, 0.2) is 0 Å². The third-order valence-corrected chi connectivity index (χ3v) is 8.26. The molecule has 6 rings (SSSR count). The van der Waals surface area contributed by atoms with Crippen molar-refractivity contribution in [3.8, 4) is 44.7 Å². The second-order valence-corrected chi connectivity index (χ2v) is 11.3. The van der Waals surface area contributed by atoms with E-state index in [-0.39, 0.29) is 16.3 Å². The van der Waals surface area contributed by atoms with E-state index in [1.165, 1.54) is 24.3 Å². The van der Waals surface area contributed by atoms with Gasteiger partial charge in [0.2, 0.25) is 5.82 Å². The summed E-state index contributed by atoms with van der Waals surface area (Å²) in [5.74, 6) is -0.212. The Bertz CT molecular complexity index is 1900. The first kappa shape index (κ1) is 25.4. The lowest BCUT2D eigenvalue weighted by molar-refractivity contribution is 0.0981. The second-order valence-electron chi connectivity index (χ2n) is 8.73. The molecule has 4 aromatic carbocycles. The lowest BCUT2D eigenvalue weighted by atomic mass is 10.1. The monoisotopic (exact) mass is 564 g/mol. The Morgan fingerprint density at radius 3 is 2.15 bits per heavy atom. The lowest BCUT2D eigenvalue weighted by Crippen LogP contribution is -2.30. The van der Waals surface area contributed by atoms with Crippen LogP contribution in [0.15, 0.2) is 124 Å². The van der Waals surface area contributed by atoms with Crippen LogP contribution in [-0.4, -0.2) is 29.4 Å². The van der Waals surface area contributed by atoms with Gasteiger partial charge in [0, 0.05) is 33.2 Å². The molecule has 6 aromatic rings. The number of hydrogen-bond donors (Lipinski definition) is 1. The van der Waals surface area contributed by atoms with Gasteiger partial charge in [0.1, 0.15) is 5.01 Å². The summed E-state index contributed by atoms with van der Waals surface area (Å²) in [6.45, 7) is 0. The third-order valence-electron chi connectivity index (χ3n) is 6.04. The molecule has 0 aliphatic rings. The fourth-order valence-corrected chi connectivity index (χ4v) is 5.85. The summed E-state index contributed by atoms with van der Waals surface area (Å²) in [7, 11) is -4.13. The van der Waals surface area contributed by atoms with Crippen molar-refractivity contribution in [2.45, 2.75) is 4.90 Å². The molecule has 10 heteroatoms. The standard InChI is InChI=1S/C30H20N4O4S2/c35-28(22-8-3-1-4-9-22)34-40(36,37)25-13-7-12-24(18-25)29-32-27(33-38-29)21-16-14-20(15-17-21)26-19-39-30(31-26)23-10-5-2-6-11-23/h1-19H,(H,34,35). The number of hydrogen-bond acceptors (Lipinski definition) is 8. The van der Waals surface area contributed by atoms with Gasteiger partial charge < -0.3 is 4.52 Å².